The summed E-state index contributed by atoms with van der Waals surface area (Å²) in [6, 6.07) is 8.04. The van der Waals surface area contributed by atoms with Crippen LogP contribution in [-0.4, -0.2) is 35.8 Å². The fourth-order valence-corrected chi connectivity index (χ4v) is 4.22. The number of carbonyl (C=O) groups is 2. The minimum atomic E-state index is -0.207. The van der Waals surface area contributed by atoms with E-state index in [0.717, 1.165) is 36.0 Å². The summed E-state index contributed by atoms with van der Waals surface area (Å²) >= 11 is 3.50. The van der Waals surface area contributed by atoms with E-state index in [0.29, 0.717) is 19.0 Å². The number of rotatable bonds is 3. The van der Waals surface area contributed by atoms with E-state index in [2.05, 4.69) is 22.9 Å². The van der Waals surface area contributed by atoms with E-state index in [1.165, 1.54) is 6.42 Å². The maximum Gasteiger partial charge on any atom is 0.228 e. The van der Waals surface area contributed by atoms with Crippen molar-refractivity contribution in [3.8, 4) is 0 Å². The maximum atomic E-state index is 12.9. The van der Waals surface area contributed by atoms with Gasteiger partial charge in [0.05, 0.1) is 11.6 Å². The number of nitrogens with zero attached hydrogens (tertiary/aromatic N) is 2. The zero-order chi connectivity index (χ0) is 16.4. The lowest BCUT2D eigenvalue weighted by molar-refractivity contribution is -0.139. The minimum Gasteiger partial charge on any atom is -0.339 e. The van der Waals surface area contributed by atoms with Crippen LogP contribution in [-0.2, 0) is 9.59 Å². The van der Waals surface area contributed by atoms with Crippen LogP contribution in [0.2, 0.25) is 0 Å². The predicted octanol–water partition coefficient (Wildman–Crippen LogP) is 3.59. The number of carbonyl (C=O) groups excluding carboxylic acids is 2. The first-order valence-electron chi connectivity index (χ1n) is 8.47. The molecule has 2 saturated heterocycles. The molecule has 2 fully saturated rings. The molecule has 0 saturated carbocycles. The van der Waals surface area contributed by atoms with Gasteiger partial charge in [0.25, 0.3) is 0 Å². The third-order valence-electron chi connectivity index (χ3n) is 5.00. The summed E-state index contributed by atoms with van der Waals surface area (Å²) in [6.07, 6.45) is 4.70. The Morgan fingerprint density at radius 1 is 1.30 bits per heavy atom. The lowest BCUT2D eigenvalue weighted by atomic mass is 9.97. The summed E-state index contributed by atoms with van der Waals surface area (Å²) in [5.41, 5.74) is 0.860. The summed E-state index contributed by atoms with van der Waals surface area (Å²) in [7, 11) is 0. The summed E-state index contributed by atoms with van der Waals surface area (Å²) in [4.78, 5) is 29.1. The van der Waals surface area contributed by atoms with Crippen molar-refractivity contribution in [2.24, 2.45) is 5.92 Å². The highest BCUT2D eigenvalue weighted by atomic mass is 79.9. The lowest BCUT2D eigenvalue weighted by Crippen LogP contribution is -2.46. The molecular formula is C18H23BrN2O2. The van der Waals surface area contributed by atoms with Gasteiger partial charge in [0.15, 0.2) is 0 Å². The molecule has 2 unspecified atom stereocenters. The summed E-state index contributed by atoms with van der Waals surface area (Å²) in [5, 5.41) is 0. The molecule has 23 heavy (non-hydrogen) atoms. The van der Waals surface area contributed by atoms with E-state index < -0.39 is 0 Å². The highest BCUT2D eigenvalue weighted by Gasteiger charge is 2.39. The van der Waals surface area contributed by atoms with E-state index in [9.17, 15) is 9.59 Å². The molecule has 0 aromatic heterocycles. The van der Waals surface area contributed by atoms with Crippen molar-refractivity contribution < 1.29 is 9.59 Å². The first-order valence-corrected chi connectivity index (χ1v) is 9.26. The van der Waals surface area contributed by atoms with Gasteiger partial charge in [-0.3, -0.25) is 9.59 Å². The number of likely N-dealkylation sites (tertiary alicyclic amines) is 1. The Kier molecular flexibility index (Phi) is 5.05. The Morgan fingerprint density at radius 2 is 2.09 bits per heavy atom. The van der Waals surface area contributed by atoms with Crippen molar-refractivity contribution in [3.63, 3.8) is 0 Å². The Balaban J connectivity index is 1.74. The van der Waals surface area contributed by atoms with Crippen LogP contribution in [0.25, 0.3) is 0 Å². The van der Waals surface area contributed by atoms with E-state index in [4.69, 9.17) is 0 Å². The fourth-order valence-electron chi connectivity index (χ4n) is 3.73. The van der Waals surface area contributed by atoms with Gasteiger partial charge >= 0.3 is 0 Å². The molecule has 2 aliphatic heterocycles. The summed E-state index contributed by atoms with van der Waals surface area (Å²) in [5.74, 6) is 0.00141. The van der Waals surface area contributed by atoms with Gasteiger partial charge in [-0.1, -0.05) is 19.1 Å². The van der Waals surface area contributed by atoms with E-state index >= 15 is 0 Å². The van der Waals surface area contributed by atoms with Crippen LogP contribution in [0.15, 0.2) is 28.7 Å². The van der Waals surface area contributed by atoms with Gasteiger partial charge in [0.2, 0.25) is 11.8 Å². The number of amides is 2. The number of para-hydroxylation sites is 1. The van der Waals surface area contributed by atoms with E-state index in [1.807, 2.05) is 29.2 Å². The smallest absolute Gasteiger partial charge is 0.228 e. The highest BCUT2D eigenvalue weighted by molar-refractivity contribution is 9.10. The molecular weight excluding hydrogens is 356 g/mol. The predicted molar refractivity (Wildman–Crippen MR) is 94.2 cm³/mol. The number of halogens is 1. The SMILES string of the molecule is CCC1CCCCN1C(=O)C1CC(=O)N(c2ccccc2Br)C1. The maximum absolute atomic E-state index is 12.9. The van der Waals surface area contributed by atoms with Gasteiger partial charge in [0, 0.05) is 30.0 Å². The van der Waals surface area contributed by atoms with Crippen molar-refractivity contribution in [2.75, 3.05) is 18.0 Å². The average Bonchev–Trinajstić information content (AvgIpc) is 2.96. The Hall–Kier alpha value is -1.36. The monoisotopic (exact) mass is 378 g/mol. The van der Waals surface area contributed by atoms with Crippen LogP contribution in [0.4, 0.5) is 5.69 Å². The molecule has 0 N–H and O–H groups in total. The molecule has 0 aliphatic carbocycles. The standard InChI is InChI=1S/C18H23BrN2O2/c1-2-14-7-5-6-10-20(14)18(23)13-11-17(22)21(12-13)16-9-4-3-8-15(16)19/h3-4,8-9,13-14H,2,5-7,10-12H2,1H3. The molecule has 2 atom stereocenters. The number of piperidine rings is 1. The van der Waals surface area contributed by atoms with E-state index in [-0.39, 0.29) is 17.7 Å². The van der Waals surface area contributed by atoms with Crippen LogP contribution in [0.5, 0.6) is 0 Å². The van der Waals surface area contributed by atoms with E-state index in [1.54, 1.807) is 4.90 Å². The highest BCUT2D eigenvalue weighted by Crippen LogP contribution is 2.33. The molecule has 3 rings (SSSR count). The fraction of sp³-hybridized carbons (Fsp3) is 0.556. The van der Waals surface area contributed by atoms with Crippen LogP contribution >= 0.6 is 15.9 Å². The van der Waals surface area contributed by atoms with Crippen LogP contribution < -0.4 is 4.90 Å². The average molecular weight is 379 g/mol. The molecule has 0 radical (unpaired) electrons. The largest absolute Gasteiger partial charge is 0.339 e. The summed E-state index contributed by atoms with van der Waals surface area (Å²) in [6.45, 7) is 3.48. The third-order valence-corrected chi connectivity index (χ3v) is 5.67. The molecule has 0 bridgehead atoms. The van der Waals surface area contributed by atoms with Crippen LogP contribution in [0.3, 0.4) is 0 Å². The number of benzene rings is 1. The van der Waals surface area contributed by atoms with Gasteiger partial charge in [-0.15, -0.1) is 0 Å². The number of hydrogen-bond acceptors (Lipinski definition) is 2. The molecule has 1 aromatic rings. The normalized spacial score (nSPS) is 25.0. The van der Waals surface area contributed by atoms with Gasteiger partial charge in [-0.25, -0.2) is 0 Å². The molecule has 2 aliphatic rings. The second-order valence-electron chi connectivity index (χ2n) is 6.45. The molecule has 0 spiro atoms. The Bertz CT molecular complexity index is 604. The van der Waals surface area contributed by atoms with Crippen molar-refractivity contribution in [1.29, 1.82) is 0 Å². The first kappa shape index (κ1) is 16.5. The van der Waals surface area contributed by atoms with Crippen LogP contribution in [0, 0.1) is 5.92 Å². The van der Waals surface area contributed by atoms with Crippen molar-refractivity contribution in [3.05, 3.63) is 28.7 Å². The number of anilines is 1. The number of hydrogen-bond donors (Lipinski definition) is 0. The molecule has 4 nitrogen and oxygen atoms in total. The van der Waals surface area contributed by atoms with Crippen molar-refractivity contribution in [1.82, 2.24) is 4.90 Å². The Morgan fingerprint density at radius 3 is 2.83 bits per heavy atom. The van der Waals surface area contributed by atoms with Gasteiger partial charge in [-0.2, -0.15) is 0 Å². The third kappa shape index (κ3) is 3.30. The lowest BCUT2D eigenvalue weighted by Gasteiger charge is -2.36. The molecule has 124 valence electrons. The Labute approximate surface area is 146 Å². The zero-order valence-corrected chi connectivity index (χ0v) is 15.1. The quantitative estimate of drug-likeness (QED) is 0.805. The molecule has 5 heteroatoms. The molecule has 1 aromatic carbocycles. The van der Waals surface area contributed by atoms with Crippen LogP contribution in [0.1, 0.15) is 39.0 Å². The first-order chi connectivity index (χ1) is 11.1. The second-order valence-corrected chi connectivity index (χ2v) is 7.30. The molecule has 2 amide bonds. The minimum absolute atomic E-state index is 0.0420. The second kappa shape index (κ2) is 7.04. The van der Waals surface area contributed by atoms with Gasteiger partial charge in [-0.05, 0) is 53.7 Å². The van der Waals surface area contributed by atoms with Gasteiger partial charge < -0.3 is 9.80 Å². The summed E-state index contributed by atoms with van der Waals surface area (Å²) < 4.78 is 0.894. The zero-order valence-electron chi connectivity index (χ0n) is 13.5. The van der Waals surface area contributed by atoms with Gasteiger partial charge in [0.1, 0.15) is 0 Å². The van der Waals surface area contributed by atoms with Crippen molar-refractivity contribution in [2.45, 2.75) is 45.1 Å². The molecule has 2 heterocycles. The topological polar surface area (TPSA) is 40.6 Å². The van der Waals surface area contributed by atoms with Crippen molar-refractivity contribution >= 4 is 33.4 Å².